The summed E-state index contributed by atoms with van der Waals surface area (Å²) in [5.41, 5.74) is 6.11. The summed E-state index contributed by atoms with van der Waals surface area (Å²) in [6.07, 6.45) is -0.957. The van der Waals surface area contributed by atoms with Gasteiger partial charge in [0, 0.05) is 12.1 Å². The van der Waals surface area contributed by atoms with Crippen LogP contribution in [0.4, 0.5) is 5.69 Å². The van der Waals surface area contributed by atoms with Crippen molar-refractivity contribution in [2.45, 2.75) is 6.10 Å². The van der Waals surface area contributed by atoms with E-state index in [9.17, 15) is 5.11 Å². The highest BCUT2D eigenvalue weighted by atomic mass is 16.5. The van der Waals surface area contributed by atoms with Crippen LogP contribution >= 0.6 is 0 Å². The monoisotopic (exact) mass is 243 g/mol. The molecule has 0 aliphatic carbocycles. The molecule has 0 saturated carbocycles. The van der Waals surface area contributed by atoms with Crippen LogP contribution in [0, 0.1) is 0 Å². The predicted molar refractivity (Wildman–Crippen MR) is 62.5 cm³/mol. The first-order chi connectivity index (χ1) is 8.12. The maximum absolute atomic E-state index is 9.19. The Morgan fingerprint density at radius 2 is 2.00 bits per heavy atom. The van der Waals surface area contributed by atoms with Crippen molar-refractivity contribution in [1.82, 2.24) is 0 Å². The molecule has 17 heavy (non-hydrogen) atoms. The summed E-state index contributed by atoms with van der Waals surface area (Å²) < 4.78 is 15.4. The summed E-state index contributed by atoms with van der Waals surface area (Å²) in [5, 5.41) is 17.9. The van der Waals surface area contributed by atoms with Crippen LogP contribution in [0.5, 0.6) is 17.2 Å². The first-order valence-electron chi connectivity index (χ1n) is 5.05. The molecule has 0 saturated heterocycles. The number of nitrogens with two attached hydrogens (primary N) is 1. The Balaban J connectivity index is 2.89. The third kappa shape index (κ3) is 3.40. The number of hydrogen-bond acceptors (Lipinski definition) is 6. The molecule has 6 nitrogen and oxygen atoms in total. The molecule has 0 spiro atoms. The second kappa shape index (κ2) is 6.17. The molecule has 0 amide bonds. The van der Waals surface area contributed by atoms with E-state index in [1.807, 2.05) is 0 Å². The smallest absolute Gasteiger partial charge is 0.184 e. The van der Waals surface area contributed by atoms with Gasteiger partial charge in [0.25, 0.3) is 0 Å². The van der Waals surface area contributed by atoms with E-state index in [0.29, 0.717) is 22.9 Å². The summed E-state index contributed by atoms with van der Waals surface area (Å²) in [4.78, 5) is 0. The van der Waals surface area contributed by atoms with Gasteiger partial charge in [-0.2, -0.15) is 0 Å². The molecular formula is C11H17NO5. The van der Waals surface area contributed by atoms with E-state index in [-0.39, 0.29) is 13.2 Å². The highest BCUT2D eigenvalue weighted by Gasteiger charge is 2.13. The lowest BCUT2D eigenvalue weighted by Crippen LogP contribution is -2.21. The van der Waals surface area contributed by atoms with Gasteiger partial charge in [0.1, 0.15) is 18.5 Å². The normalized spacial score (nSPS) is 12.0. The maximum Gasteiger partial charge on any atom is 0.184 e. The first kappa shape index (κ1) is 13.4. The number of nitrogen functional groups attached to an aromatic ring is 1. The van der Waals surface area contributed by atoms with Gasteiger partial charge in [0.15, 0.2) is 11.5 Å². The molecule has 96 valence electrons. The Hall–Kier alpha value is -1.66. The van der Waals surface area contributed by atoms with Crippen LogP contribution < -0.4 is 19.9 Å². The number of rotatable bonds is 6. The molecule has 0 aliphatic rings. The minimum absolute atomic E-state index is 0.0661. The molecule has 0 aliphatic heterocycles. The summed E-state index contributed by atoms with van der Waals surface area (Å²) >= 11 is 0. The van der Waals surface area contributed by atoms with Crippen LogP contribution in [0.2, 0.25) is 0 Å². The molecule has 6 heteroatoms. The van der Waals surface area contributed by atoms with Crippen LogP contribution in [0.25, 0.3) is 0 Å². The molecule has 1 aromatic rings. The van der Waals surface area contributed by atoms with Crippen molar-refractivity contribution in [3.63, 3.8) is 0 Å². The molecule has 1 atom stereocenters. The summed E-state index contributed by atoms with van der Waals surface area (Å²) in [7, 11) is 2.99. The van der Waals surface area contributed by atoms with Crippen LogP contribution in [0.3, 0.4) is 0 Å². The van der Waals surface area contributed by atoms with Gasteiger partial charge in [-0.15, -0.1) is 0 Å². The van der Waals surface area contributed by atoms with Gasteiger partial charge in [-0.3, -0.25) is 0 Å². The van der Waals surface area contributed by atoms with Crippen molar-refractivity contribution in [2.75, 3.05) is 33.2 Å². The van der Waals surface area contributed by atoms with Crippen molar-refractivity contribution in [2.24, 2.45) is 0 Å². The van der Waals surface area contributed by atoms with E-state index >= 15 is 0 Å². The number of methoxy groups -OCH3 is 2. The standard InChI is InChI=1S/C11H17NO5/c1-15-8-3-9(12)11(10(4-8)16-2)17-6-7(14)5-13/h3-4,7,13-14H,5-6,12H2,1-2H3. The fourth-order valence-electron chi connectivity index (χ4n) is 1.25. The van der Waals surface area contributed by atoms with Crippen molar-refractivity contribution >= 4 is 5.69 Å². The first-order valence-corrected chi connectivity index (χ1v) is 5.05. The highest BCUT2D eigenvalue weighted by Crippen LogP contribution is 2.37. The van der Waals surface area contributed by atoms with Crippen molar-refractivity contribution in [1.29, 1.82) is 0 Å². The molecular weight excluding hydrogens is 226 g/mol. The van der Waals surface area contributed by atoms with Gasteiger partial charge in [-0.05, 0) is 0 Å². The molecule has 0 radical (unpaired) electrons. The topological polar surface area (TPSA) is 94.2 Å². The zero-order chi connectivity index (χ0) is 12.8. The second-order valence-corrected chi connectivity index (χ2v) is 3.40. The minimum Gasteiger partial charge on any atom is -0.497 e. The van der Waals surface area contributed by atoms with Gasteiger partial charge in [0.2, 0.25) is 0 Å². The number of benzene rings is 1. The summed E-state index contributed by atoms with van der Waals surface area (Å²) in [6, 6.07) is 3.21. The van der Waals surface area contributed by atoms with Crippen molar-refractivity contribution < 1.29 is 24.4 Å². The summed E-state index contributed by atoms with van der Waals surface area (Å²) in [5.74, 6) is 1.28. The molecule has 4 N–H and O–H groups in total. The van der Waals surface area contributed by atoms with Gasteiger partial charge in [-0.1, -0.05) is 0 Å². The average Bonchev–Trinajstić information content (AvgIpc) is 2.35. The van der Waals surface area contributed by atoms with Gasteiger partial charge in [-0.25, -0.2) is 0 Å². The van der Waals surface area contributed by atoms with Crippen LogP contribution in [-0.4, -0.2) is 43.8 Å². The van der Waals surface area contributed by atoms with E-state index in [1.54, 1.807) is 12.1 Å². The third-order valence-electron chi connectivity index (χ3n) is 2.14. The number of hydrogen-bond donors (Lipinski definition) is 3. The molecule has 0 aromatic heterocycles. The number of aliphatic hydroxyl groups is 2. The molecule has 1 aromatic carbocycles. The lowest BCUT2D eigenvalue weighted by molar-refractivity contribution is 0.0530. The lowest BCUT2D eigenvalue weighted by atomic mass is 10.2. The maximum atomic E-state index is 9.19. The third-order valence-corrected chi connectivity index (χ3v) is 2.14. The quantitative estimate of drug-likeness (QED) is 0.610. The van der Waals surface area contributed by atoms with E-state index in [4.69, 9.17) is 25.1 Å². The van der Waals surface area contributed by atoms with E-state index in [0.717, 1.165) is 0 Å². The molecule has 1 rings (SSSR count). The number of ether oxygens (including phenoxy) is 3. The minimum atomic E-state index is -0.957. The second-order valence-electron chi connectivity index (χ2n) is 3.40. The van der Waals surface area contributed by atoms with E-state index in [1.165, 1.54) is 14.2 Å². The molecule has 0 heterocycles. The van der Waals surface area contributed by atoms with Gasteiger partial charge in [0.05, 0.1) is 26.5 Å². The fourth-order valence-corrected chi connectivity index (χ4v) is 1.25. The van der Waals surface area contributed by atoms with Crippen molar-refractivity contribution in [3.05, 3.63) is 12.1 Å². The van der Waals surface area contributed by atoms with Crippen molar-refractivity contribution in [3.8, 4) is 17.2 Å². The SMILES string of the molecule is COc1cc(N)c(OCC(O)CO)c(OC)c1. The Morgan fingerprint density at radius 1 is 1.29 bits per heavy atom. The Bertz CT molecular complexity index is 369. The van der Waals surface area contributed by atoms with Crippen LogP contribution in [0.15, 0.2) is 12.1 Å². The number of anilines is 1. The highest BCUT2D eigenvalue weighted by molar-refractivity contribution is 5.64. The van der Waals surface area contributed by atoms with Crippen LogP contribution in [-0.2, 0) is 0 Å². The van der Waals surface area contributed by atoms with Crippen LogP contribution in [0.1, 0.15) is 0 Å². The zero-order valence-corrected chi connectivity index (χ0v) is 9.84. The van der Waals surface area contributed by atoms with E-state index < -0.39 is 6.10 Å². The fraction of sp³-hybridized carbons (Fsp3) is 0.455. The number of aliphatic hydroxyl groups excluding tert-OH is 2. The molecule has 1 unspecified atom stereocenters. The van der Waals surface area contributed by atoms with Gasteiger partial charge >= 0.3 is 0 Å². The molecule has 0 fully saturated rings. The largest absolute Gasteiger partial charge is 0.497 e. The Kier molecular flexibility index (Phi) is 4.86. The average molecular weight is 243 g/mol. The molecule has 0 bridgehead atoms. The van der Waals surface area contributed by atoms with E-state index in [2.05, 4.69) is 0 Å². The summed E-state index contributed by atoms with van der Waals surface area (Å²) in [6.45, 7) is -0.443. The predicted octanol–water partition coefficient (Wildman–Crippen LogP) is 0.0180. The van der Waals surface area contributed by atoms with Gasteiger partial charge < -0.3 is 30.2 Å². The Labute approximate surface area is 99.5 Å². The Morgan fingerprint density at radius 3 is 2.53 bits per heavy atom. The lowest BCUT2D eigenvalue weighted by Gasteiger charge is -2.15. The zero-order valence-electron chi connectivity index (χ0n) is 9.84.